The molecule has 0 saturated heterocycles. The second-order valence-electron chi connectivity index (χ2n) is 1.84. The Labute approximate surface area is 62.4 Å². The van der Waals surface area contributed by atoms with Crippen molar-refractivity contribution in [3.8, 4) is 0 Å². The molecule has 5 heteroatoms. The molecule has 1 rings (SSSR count). The van der Waals surface area contributed by atoms with Gasteiger partial charge < -0.3 is 10.4 Å². The van der Waals surface area contributed by atoms with Gasteiger partial charge in [-0.3, -0.25) is 0 Å². The second-order valence-corrected chi connectivity index (χ2v) is 2.23. The largest absolute Gasteiger partial charge is 0.561 e. The highest BCUT2D eigenvalue weighted by atomic mass is 35.5. The fourth-order valence-electron chi connectivity index (χ4n) is 0.547. The maximum absolute atomic E-state index is 10.7. The molecule has 0 bridgehead atoms. The Balaban J connectivity index is 3.34. The van der Waals surface area contributed by atoms with Crippen molar-refractivity contribution < 1.29 is 9.69 Å². The van der Waals surface area contributed by atoms with Crippen LogP contribution in [0.4, 0.5) is 0 Å². The molecule has 0 atom stereocenters. The third-order valence-electron chi connectivity index (χ3n) is 1.11. The summed E-state index contributed by atoms with van der Waals surface area (Å²) in [5.74, 6) is 0. The molecular formula is C5H5ClN2O2. The van der Waals surface area contributed by atoms with Crippen LogP contribution in [-0.2, 0) is 0 Å². The first-order valence-corrected chi connectivity index (χ1v) is 2.99. The summed E-state index contributed by atoms with van der Waals surface area (Å²) in [6.07, 6.45) is 0. The third-order valence-corrected chi connectivity index (χ3v) is 1.38. The number of halogens is 1. The van der Waals surface area contributed by atoms with Crippen molar-refractivity contribution in [1.82, 2.24) is 0 Å². The zero-order valence-corrected chi connectivity index (χ0v) is 6.00. The molecule has 54 valence electrons. The van der Waals surface area contributed by atoms with Gasteiger partial charge in [0.15, 0.2) is 0 Å². The van der Waals surface area contributed by atoms with E-state index in [-0.39, 0.29) is 14.8 Å². The van der Waals surface area contributed by atoms with Crippen LogP contribution in [0.1, 0.15) is 5.69 Å². The van der Waals surface area contributed by atoms with Crippen LogP contribution in [-0.4, -0.2) is 0 Å². The molecule has 0 radical (unpaired) electrons. The first-order valence-electron chi connectivity index (χ1n) is 2.61. The zero-order valence-electron chi connectivity index (χ0n) is 5.24. The lowest BCUT2D eigenvalue weighted by Crippen LogP contribution is -2.62. The molecule has 1 heterocycles. The maximum Gasteiger partial charge on any atom is 0.355 e. The van der Waals surface area contributed by atoms with Crippen LogP contribution < -0.4 is 9.69 Å². The number of nitrogens with zero attached hydrogens (tertiary/aromatic N) is 2. The van der Waals surface area contributed by atoms with Crippen LogP contribution in [0.5, 0.6) is 0 Å². The summed E-state index contributed by atoms with van der Waals surface area (Å²) in [7, 11) is 0. The summed E-state index contributed by atoms with van der Waals surface area (Å²) >= 11 is 5.32. The number of hydrogen-bond acceptors (Lipinski definition) is 2. The van der Waals surface area contributed by atoms with E-state index in [1.807, 2.05) is 0 Å². The van der Waals surface area contributed by atoms with Gasteiger partial charge >= 0.3 is 5.15 Å². The van der Waals surface area contributed by atoms with Crippen LogP contribution in [0.15, 0.2) is 12.1 Å². The van der Waals surface area contributed by atoms with Crippen LogP contribution in [0.3, 0.4) is 0 Å². The lowest BCUT2D eigenvalue weighted by Gasteiger charge is -1.98. The van der Waals surface area contributed by atoms with Crippen molar-refractivity contribution in [3.05, 3.63) is 33.4 Å². The molecule has 0 aliphatic carbocycles. The summed E-state index contributed by atoms with van der Waals surface area (Å²) in [5, 5.41) is 21.2. The van der Waals surface area contributed by atoms with Crippen molar-refractivity contribution in [2.45, 2.75) is 6.92 Å². The third kappa shape index (κ3) is 0.974. The Kier molecular flexibility index (Phi) is 1.63. The Morgan fingerprint density at radius 1 is 1.30 bits per heavy atom. The highest BCUT2D eigenvalue weighted by Crippen LogP contribution is 1.96. The number of aromatic nitrogens is 2. The molecule has 0 saturated carbocycles. The minimum absolute atomic E-state index is 0.0802. The minimum atomic E-state index is -0.124. The summed E-state index contributed by atoms with van der Waals surface area (Å²) in [5.41, 5.74) is 0.319. The van der Waals surface area contributed by atoms with Crippen molar-refractivity contribution >= 4 is 11.6 Å². The normalized spacial score (nSPS) is 9.80. The van der Waals surface area contributed by atoms with Crippen molar-refractivity contribution in [2.24, 2.45) is 0 Å². The van der Waals surface area contributed by atoms with Gasteiger partial charge in [0.1, 0.15) is 0 Å². The van der Waals surface area contributed by atoms with Gasteiger partial charge in [-0.1, -0.05) is 0 Å². The van der Waals surface area contributed by atoms with Crippen molar-refractivity contribution in [1.29, 1.82) is 0 Å². The van der Waals surface area contributed by atoms with Crippen LogP contribution in [0.2, 0.25) is 5.15 Å². The van der Waals surface area contributed by atoms with Crippen molar-refractivity contribution in [3.63, 3.8) is 0 Å². The van der Waals surface area contributed by atoms with Crippen LogP contribution in [0.25, 0.3) is 0 Å². The fraction of sp³-hybridized carbons (Fsp3) is 0.200. The van der Waals surface area contributed by atoms with E-state index in [2.05, 4.69) is 0 Å². The molecule has 0 aromatic carbocycles. The molecule has 0 amide bonds. The molecule has 0 aliphatic rings. The van der Waals surface area contributed by atoms with Gasteiger partial charge in [-0.25, -0.2) is 0 Å². The predicted octanol–water partition coefficient (Wildman–Crippen LogP) is -0.0848. The molecule has 1 aromatic rings. The molecular weight excluding hydrogens is 156 g/mol. The number of aryl methyl sites for hydroxylation is 1. The van der Waals surface area contributed by atoms with Gasteiger partial charge in [0.05, 0.1) is 9.69 Å². The highest BCUT2D eigenvalue weighted by molar-refractivity contribution is 6.28. The average molecular weight is 161 g/mol. The Bertz CT molecular complexity index is 237. The van der Waals surface area contributed by atoms with Crippen LogP contribution >= 0.6 is 11.6 Å². The van der Waals surface area contributed by atoms with Gasteiger partial charge in [0.25, 0.3) is 5.69 Å². The minimum Gasteiger partial charge on any atom is -0.561 e. The SMILES string of the molecule is Cc1ccc(Cl)[n+]([O-])[n+]1[O-]. The van der Waals surface area contributed by atoms with E-state index in [4.69, 9.17) is 11.6 Å². The van der Waals surface area contributed by atoms with E-state index in [1.54, 1.807) is 0 Å². The monoisotopic (exact) mass is 160 g/mol. The predicted molar refractivity (Wildman–Crippen MR) is 34.1 cm³/mol. The smallest absolute Gasteiger partial charge is 0.355 e. The molecule has 0 fully saturated rings. The summed E-state index contributed by atoms with van der Waals surface area (Å²) in [4.78, 5) is 0.263. The Morgan fingerprint density at radius 3 is 2.40 bits per heavy atom. The molecule has 1 aromatic heterocycles. The van der Waals surface area contributed by atoms with E-state index in [1.165, 1.54) is 19.1 Å². The van der Waals surface area contributed by atoms with Crippen molar-refractivity contribution in [2.75, 3.05) is 0 Å². The van der Waals surface area contributed by atoms with Gasteiger partial charge in [-0.15, -0.1) is 0 Å². The molecule has 10 heavy (non-hydrogen) atoms. The van der Waals surface area contributed by atoms with Gasteiger partial charge in [0.2, 0.25) is 0 Å². The summed E-state index contributed by atoms with van der Waals surface area (Å²) in [6, 6.07) is 2.85. The van der Waals surface area contributed by atoms with Gasteiger partial charge in [-0.2, -0.15) is 0 Å². The van der Waals surface area contributed by atoms with E-state index in [9.17, 15) is 10.4 Å². The zero-order chi connectivity index (χ0) is 7.72. The quantitative estimate of drug-likeness (QED) is 0.394. The first kappa shape index (κ1) is 7.08. The second kappa shape index (κ2) is 2.30. The van der Waals surface area contributed by atoms with E-state index in [0.29, 0.717) is 5.69 Å². The van der Waals surface area contributed by atoms with E-state index >= 15 is 0 Å². The molecule has 0 N–H and O–H groups in total. The molecule has 4 nitrogen and oxygen atoms in total. The topological polar surface area (TPSA) is 53.9 Å². The lowest BCUT2D eigenvalue weighted by atomic mass is 10.4. The number of rotatable bonds is 0. The standard InChI is InChI=1S/C5H5ClN2O2/c1-4-2-3-5(6)8(10)7(4)9/h2-3H,1H3. The van der Waals surface area contributed by atoms with E-state index < -0.39 is 0 Å². The average Bonchev–Trinajstić information content (AvgIpc) is 1.93. The highest BCUT2D eigenvalue weighted by Gasteiger charge is 2.12. The summed E-state index contributed by atoms with van der Waals surface area (Å²) in [6.45, 7) is 1.53. The molecule has 0 aliphatic heterocycles. The first-order chi connectivity index (χ1) is 4.63. The van der Waals surface area contributed by atoms with Gasteiger partial charge in [-0.05, 0) is 11.6 Å². The Hall–Kier alpha value is -1.03. The molecule has 0 spiro atoms. The summed E-state index contributed by atoms with van der Waals surface area (Å²) < 4.78 is 0. The lowest BCUT2D eigenvalue weighted by molar-refractivity contribution is -1.19. The maximum atomic E-state index is 10.7. The van der Waals surface area contributed by atoms with E-state index in [0.717, 1.165) is 0 Å². The van der Waals surface area contributed by atoms with Gasteiger partial charge in [0, 0.05) is 19.1 Å². The number of hydrogen-bond donors (Lipinski definition) is 0. The Morgan fingerprint density at radius 2 is 1.90 bits per heavy atom. The molecule has 0 unspecified atom stereocenters. The van der Waals surface area contributed by atoms with Crippen LogP contribution in [0, 0.1) is 17.3 Å². The fourth-order valence-corrected chi connectivity index (χ4v) is 0.679.